The summed E-state index contributed by atoms with van der Waals surface area (Å²) in [6.07, 6.45) is 4.62. The molecule has 1 rings (SSSR count). The summed E-state index contributed by atoms with van der Waals surface area (Å²) < 4.78 is 0. The molecule has 0 atom stereocenters. The number of aromatic nitrogens is 2. The average molecular weight is 177 g/mol. The Morgan fingerprint density at radius 3 is 2.92 bits per heavy atom. The molecule has 0 fully saturated rings. The van der Waals surface area contributed by atoms with Crippen molar-refractivity contribution in [3.63, 3.8) is 0 Å². The van der Waals surface area contributed by atoms with E-state index in [2.05, 4.69) is 21.9 Å². The molecule has 0 saturated carbocycles. The third-order valence-electron chi connectivity index (χ3n) is 1.42. The number of hydrogen-bond donors (Lipinski definition) is 1. The molecule has 0 bridgehead atoms. The van der Waals surface area contributed by atoms with Gasteiger partial charge in [0.1, 0.15) is 5.69 Å². The number of carbonyl (C=O) groups excluding carboxylic acids is 1. The second-order valence-electron chi connectivity index (χ2n) is 2.54. The topological polar surface area (TPSA) is 54.9 Å². The second-order valence-corrected chi connectivity index (χ2v) is 2.54. The van der Waals surface area contributed by atoms with Crippen LogP contribution in [0.2, 0.25) is 0 Å². The van der Waals surface area contributed by atoms with Gasteiger partial charge in [-0.15, -0.1) is 6.58 Å². The van der Waals surface area contributed by atoms with Crippen LogP contribution >= 0.6 is 0 Å². The molecule has 0 unspecified atom stereocenters. The third kappa shape index (κ3) is 2.66. The highest BCUT2D eigenvalue weighted by molar-refractivity contribution is 5.91. The van der Waals surface area contributed by atoms with E-state index >= 15 is 0 Å². The standard InChI is InChI=1S/C9H11N3O/c1-3-4-10-9(13)8-6-11-7(2)5-12-8/h3,5-6H,1,4H2,2H3,(H,10,13). The summed E-state index contributed by atoms with van der Waals surface area (Å²) in [5.74, 6) is -0.229. The second kappa shape index (κ2) is 4.35. The summed E-state index contributed by atoms with van der Waals surface area (Å²) in [6.45, 7) is 5.75. The largest absolute Gasteiger partial charge is 0.347 e. The van der Waals surface area contributed by atoms with E-state index in [9.17, 15) is 4.79 Å². The van der Waals surface area contributed by atoms with E-state index in [-0.39, 0.29) is 5.91 Å². The van der Waals surface area contributed by atoms with Crippen molar-refractivity contribution in [3.8, 4) is 0 Å². The van der Waals surface area contributed by atoms with Crippen molar-refractivity contribution in [2.75, 3.05) is 6.54 Å². The average Bonchev–Trinajstić information content (AvgIpc) is 2.15. The maximum Gasteiger partial charge on any atom is 0.271 e. The van der Waals surface area contributed by atoms with E-state index < -0.39 is 0 Å². The zero-order valence-corrected chi connectivity index (χ0v) is 7.45. The highest BCUT2D eigenvalue weighted by Gasteiger charge is 2.04. The van der Waals surface area contributed by atoms with Crippen LogP contribution in [0, 0.1) is 6.92 Å². The number of aryl methyl sites for hydroxylation is 1. The zero-order valence-electron chi connectivity index (χ0n) is 7.45. The molecule has 0 spiro atoms. The Labute approximate surface area is 76.7 Å². The molecule has 0 radical (unpaired) electrons. The highest BCUT2D eigenvalue weighted by Crippen LogP contribution is 1.93. The maximum atomic E-state index is 11.3. The molecule has 13 heavy (non-hydrogen) atoms. The van der Waals surface area contributed by atoms with Crippen molar-refractivity contribution in [2.24, 2.45) is 0 Å². The number of carbonyl (C=O) groups is 1. The van der Waals surface area contributed by atoms with Gasteiger partial charge in [0, 0.05) is 12.7 Å². The third-order valence-corrected chi connectivity index (χ3v) is 1.42. The fraction of sp³-hybridized carbons (Fsp3) is 0.222. The molecular formula is C9H11N3O. The van der Waals surface area contributed by atoms with Crippen LogP contribution in [0.15, 0.2) is 25.0 Å². The van der Waals surface area contributed by atoms with E-state index in [1.165, 1.54) is 6.20 Å². The zero-order chi connectivity index (χ0) is 9.68. The van der Waals surface area contributed by atoms with Crippen molar-refractivity contribution in [3.05, 3.63) is 36.4 Å². The lowest BCUT2D eigenvalue weighted by Gasteiger charge is -2.00. The lowest BCUT2D eigenvalue weighted by Crippen LogP contribution is -2.24. The minimum atomic E-state index is -0.229. The molecule has 1 N–H and O–H groups in total. The quantitative estimate of drug-likeness (QED) is 0.691. The van der Waals surface area contributed by atoms with Gasteiger partial charge in [0.2, 0.25) is 0 Å². The Bertz CT molecular complexity index is 305. The monoisotopic (exact) mass is 177 g/mol. The van der Waals surface area contributed by atoms with Gasteiger partial charge in [-0.05, 0) is 6.92 Å². The van der Waals surface area contributed by atoms with Gasteiger partial charge in [-0.1, -0.05) is 6.08 Å². The number of rotatable bonds is 3. The van der Waals surface area contributed by atoms with Crippen LogP contribution in [0.1, 0.15) is 16.2 Å². The molecule has 0 saturated heterocycles. The van der Waals surface area contributed by atoms with Crippen LogP contribution in [-0.4, -0.2) is 22.4 Å². The van der Waals surface area contributed by atoms with Crippen molar-refractivity contribution in [2.45, 2.75) is 6.92 Å². The van der Waals surface area contributed by atoms with E-state index in [0.29, 0.717) is 12.2 Å². The molecule has 4 heteroatoms. The fourth-order valence-electron chi connectivity index (χ4n) is 0.765. The molecule has 1 heterocycles. The molecular weight excluding hydrogens is 166 g/mol. The fourth-order valence-corrected chi connectivity index (χ4v) is 0.765. The van der Waals surface area contributed by atoms with Crippen LogP contribution in [0.25, 0.3) is 0 Å². The lowest BCUT2D eigenvalue weighted by atomic mass is 10.4. The van der Waals surface area contributed by atoms with Gasteiger partial charge in [0.05, 0.1) is 11.9 Å². The van der Waals surface area contributed by atoms with Crippen LogP contribution in [0.3, 0.4) is 0 Å². The Balaban J connectivity index is 2.66. The molecule has 0 aromatic carbocycles. The van der Waals surface area contributed by atoms with Crippen LogP contribution in [-0.2, 0) is 0 Å². The van der Waals surface area contributed by atoms with E-state index in [1.54, 1.807) is 12.3 Å². The summed E-state index contributed by atoms with van der Waals surface area (Å²) in [5.41, 5.74) is 1.12. The molecule has 0 aliphatic rings. The van der Waals surface area contributed by atoms with Crippen LogP contribution in [0.5, 0.6) is 0 Å². The number of amides is 1. The summed E-state index contributed by atoms with van der Waals surface area (Å²) in [5, 5.41) is 2.61. The summed E-state index contributed by atoms with van der Waals surface area (Å²) in [7, 11) is 0. The first kappa shape index (κ1) is 9.38. The van der Waals surface area contributed by atoms with E-state index in [0.717, 1.165) is 5.69 Å². The van der Waals surface area contributed by atoms with E-state index in [1.807, 2.05) is 6.92 Å². The van der Waals surface area contributed by atoms with Gasteiger partial charge in [-0.25, -0.2) is 4.98 Å². The molecule has 1 aromatic rings. The number of nitrogens with zero attached hydrogens (tertiary/aromatic N) is 2. The summed E-state index contributed by atoms with van der Waals surface area (Å²) in [4.78, 5) is 19.1. The molecule has 0 aliphatic carbocycles. The van der Waals surface area contributed by atoms with Crippen molar-refractivity contribution in [1.82, 2.24) is 15.3 Å². The first-order valence-corrected chi connectivity index (χ1v) is 3.92. The minimum Gasteiger partial charge on any atom is -0.347 e. The number of nitrogens with one attached hydrogen (secondary N) is 1. The molecule has 1 aromatic heterocycles. The van der Waals surface area contributed by atoms with Gasteiger partial charge in [0.25, 0.3) is 5.91 Å². The number of hydrogen-bond acceptors (Lipinski definition) is 3. The van der Waals surface area contributed by atoms with Crippen molar-refractivity contribution >= 4 is 5.91 Å². The Morgan fingerprint density at radius 2 is 2.38 bits per heavy atom. The Hall–Kier alpha value is -1.71. The maximum absolute atomic E-state index is 11.3. The normalized spacial score (nSPS) is 9.31. The lowest BCUT2D eigenvalue weighted by molar-refractivity contribution is 0.0952. The summed E-state index contributed by atoms with van der Waals surface area (Å²) >= 11 is 0. The van der Waals surface area contributed by atoms with Crippen LogP contribution in [0.4, 0.5) is 0 Å². The predicted octanol–water partition coefficient (Wildman–Crippen LogP) is 0.701. The van der Waals surface area contributed by atoms with Gasteiger partial charge >= 0.3 is 0 Å². The molecule has 1 amide bonds. The van der Waals surface area contributed by atoms with Gasteiger partial charge < -0.3 is 5.32 Å². The van der Waals surface area contributed by atoms with Gasteiger partial charge in [-0.3, -0.25) is 9.78 Å². The van der Waals surface area contributed by atoms with Gasteiger partial charge in [0.15, 0.2) is 0 Å². The molecule has 68 valence electrons. The smallest absolute Gasteiger partial charge is 0.271 e. The summed E-state index contributed by atoms with van der Waals surface area (Å²) in [6, 6.07) is 0. The first-order chi connectivity index (χ1) is 6.24. The molecule has 4 nitrogen and oxygen atoms in total. The van der Waals surface area contributed by atoms with E-state index in [4.69, 9.17) is 0 Å². The van der Waals surface area contributed by atoms with Crippen molar-refractivity contribution in [1.29, 1.82) is 0 Å². The molecule has 0 aliphatic heterocycles. The van der Waals surface area contributed by atoms with Crippen molar-refractivity contribution < 1.29 is 4.79 Å². The Kier molecular flexibility index (Phi) is 3.14. The Morgan fingerprint density at radius 1 is 1.62 bits per heavy atom. The van der Waals surface area contributed by atoms with Gasteiger partial charge in [-0.2, -0.15) is 0 Å². The van der Waals surface area contributed by atoms with Crippen LogP contribution < -0.4 is 5.32 Å². The SMILES string of the molecule is C=CCNC(=O)c1cnc(C)cn1. The minimum absolute atomic E-state index is 0.229. The predicted molar refractivity (Wildman–Crippen MR) is 49.3 cm³/mol. The first-order valence-electron chi connectivity index (χ1n) is 3.92. The highest BCUT2D eigenvalue weighted by atomic mass is 16.1.